The van der Waals surface area contributed by atoms with E-state index in [2.05, 4.69) is 17.4 Å². The van der Waals surface area contributed by atoms with E-state index in [1.165, 1.54) is 5.56 Å². The second-order valence-electron chi connectivity index (χ2n) is 3.20. The molecule has 1 saturated heterocycles. The van der Waals surface area contributed by atoms with Crippen molar-refractivity contribution in [3.63, 3.8) is 0 Å². The molecule has 0 radical (unpaired) electrons. The van der Waals surface area contributed by atoms with Crippen LogP contribution in [0.25, 0.3) is 0 Å². The van der Waals surface area contributed by atoms with Crippen LogP contribution < -0.4 is 5.32 Å². The minimum absolute atomic E-state index is 0.170. The summed E-state index contributed by atoms with van der Waals surface area (Å²) in [6.45, 7) is 0.794. The Hall–Kier alpha value is -1.93. The predicted octanol–water partition coefficient (Wildman–Crippen LogP) is 0.707. The van der Waals surface area contributed by atoms with Gasteiger partial charge >= 0.3 is 6.15 Å². The Morgan fingerprint density at radius 1 is 1.20 bits per heavy atom. The standard InChI is InChI=1S/C10H11NO.CO2/c12-10-6-9(7-11-10)8-4-2-1-3-5-8;2-1-3/h1-5,9H,6-7H2,(H,11,12);/t9-;/m1./s1. The van der Waals surface area contributed by atoms with Gasteiger partial charge in [-0.2, -0.15) is 9.59 Å². The molecule has 0 aromatic heterocycles. The fraction of sp³-hybridized carbons (Fsp3) is 0.273. The minimum atomic E-state index is 0.170. The van der Waals surface area contributed by atoms with Crippen LogP contribution in [0.5, 0.6) is 0 Å². The van der Waals surface area contributed by atoms with Crippen LogP contribution in [0.15, 0.2) is 30.3 Å². The van der Waals surface area contributed by atoms with Crippen LogP contribution in [-0.4, -0.2) is 18.6 Å². The number of rotatable bonds is 1. The average Bonchev–Trinajstić information content (AvgIpc) is 2.67. The van der Waals surface area contributed by atoms with Crippen molar-refractivity contribution in [2.45, 2.75) is 12.3 Å². The first-order valence-electron chi connectivity index (χ1n) is 4.59. The van der Waals surface area contributed by atoms with E-state index >= 15 is 0 Å². The van der Waals surface area contributed by atoms with Crippen molar-refractivity contribution >= 4 is 12.1 Å². The van der Waals surface area contributed by atoms with E-state index in [0.717, 1.165) is 6.54 Å². The van der Waals surface area contributed by atoms with Crippen LogP contribution in [0.3, 0.4) is 0 Å². The summed E-state index contributed by atoms with van der Waals surface area (Å²) < 4.78 is 0. The zero-order chi connectivity index (χ0) is 11.1. The Balaban J connectivity index is 0.000000337. The van der Waals surface area contributed by atoms with Gasteiger partial charge in [0.05, 0.1) is 0 Å². The SMILES string of the molecule is O=C1C[C@@H](c2ccccc2)CN1.O=C=O. The number of hydrogen-bond acceptors (Lipinski definition) is 3. The molecule has 1 aliphatic rings. The molecular formula is C11H11NO3. The van der Waals surface area contributed by atoms with Crippen molar-refractivity contribution in [3.05, 3.63) is 35.9 Å². The monoisotopic (exact) mass is 205 g/mol. The molecule has 1 fully saturated rings. The quantitative estimate of drug-likeness (QED) is 0.734. The number of carbonyl (C=O) groups is 1. The highest BCUT2D eigenvalue weighted by atomic mass is 16.2. The fourth-order valence-corrected chi connectivity index (χ4v) is 1.57. The zero-order valence-corrected chi connectivity index (χ0v) is 8.10. The van der Waals surface area contributed by atoms with Gasteiger partial charge in [0.2, 0.25) is 5.91 Å². The largest absolute Gasteiger partial charge is 0.373 e. The molecule has 0 saturated carbocycles. The molecule has 78 valence electrons. The van der Waals surface area contributed by atoms with Crippen LogP contribution in [0, 0.1) is 0 Å². The maximum Gasteiger partial charge on any atom is 0.373 e. The maximum atomic E-state index is 10.9. The first-order chi connectivity index (χ1) is 7.27. The number of nitrogens with one attached hydrogen (secondary N) is 1. The van der Waals surface area contributed by atoms with Gasteiger partial charge in [-0.3, -0.25) is 4.79 Å². The van der Waals surface area contributed by atoms with Crippen LogP contribution in [0.4, 0.5) is 0 Å². The summed E-state index contributed by atoms with van der Waals surface area (Å²) in [5.74, 6) is 0.558. The van der Waals surface area contributed by atoms with Gasteiger partial charge < -0.3 is 5.32 Å². The first-order valence-corrected chi connectivity index (χ1v) is 4.59. The number of amides is 1. The Kier molecular flexibility index (Phi) is 4.26. The van der Waals surface area contributed by atoms with Gasteiger partial charge in [0, 0.05) is 18.9 Å². The molecule has 0 spiro atoms. The van der Waals surface area contributed by atoms with Gasteiger partial charge in [-0.1, -0.05) is 30.3 Å². The average molecular weight is 205 g/mol. The highest BCUT2D eigenvalue weighted by Gasteiger charge is 2.22. The second-order valence-corrected chi connectivity index (χ2v) is 3.20. The van der Waals surface area contributed by atoms with Crippen LogP contribution in [-0.2, 0) is 14.4 Å². The molecule has 1 amide bonds. The van der Waals surface area contributed by atoms with Crippen molar-refractivity contribution in [2.24, 2.45) is 0 Å². The molecule has 2 rings (SSSR count). The number of benzene rings is 1. The lowest BCUT2D eigenvalue weighted by molar-refractivity contribution is -0.191. The van der Waals surface area contributed by atoms with E-state index in [4.69, 9.17) is 9.59 Å². The molecule has 4 heteroatoms. The first kappa shape index (κ1) is 11.1. The zero-order valence-electron chi connectivity index (χ0n) is 8.10. The molecule has 1 aromatic carbocycles. The molecule has 15 heavy (non-hydrogen) atoms. The topological polar surface area (TPSA) is 63.2 Å². The Labute approximate surface area is 87.3 Å². The number of hydrogen-bond donors (Lipinski definition) is 1. The lowest BCUT2D eigenvalue weighted by atomic mass is 9.99. The van der Waals surface area contributed by atoms with E-state index in [9.17, 15) is 4.79 Å². The molecule has 1 aromatic rings. The predicted molar refractivity (Wildman–Crippen MR) is 51.8 cm³/mol. The summed E-state index contributed by atoms with van der Waals surface area (Å²) in [6.07, 6.45) is 0.893. The van der Waals surface area contributed by atoms with Crippen molar-refractivity contribution in [1.29, 1.82) is 0 Å². The third-order valence-electron chi connectivity index (χ3n) is 2.25. The van der Waals surface area contributed by atoms with Crippen molar-refractivity contribution in [1.82, 2.24) is 5.32 Å². The minimum Gasteiger partial charge on any atom is -0.355 e. The summed E-state index contributed by atoms with van der Waals surface area (Å²) in [5.41, 5.74) is 1.26. The summed E-state index contributed by atoms with van der Waals surface area (Å²) in [5, 5.41) is 2.83. The molecule has 0 bridgehead atoms. The summed E-state index contributed by atoms with van der Waals surface area (Å²) in [4.78, 5) is 27.2. The molecule has 1 atom stereocenters. The maximum absolute atomic E-state index is 10.9. The van der Waals surface area contributed by atoms with Gasteiger partial charge in [-0.15, -0.1) is 0 Å². The Morgan fingerprint density at radius 3 is 2.27 bits per heavy atom. The summed E-state index contributed by atoms with van der Waals surface area (Å²) in [6, 6.07) is 10.2. The molecule has 1 heterocycles. The van der Waals surface area contributed by atoms with Gasteiger partial charge in [0.25, 0.3) is 0 Å². The van der Waals surface area contributed by atoms with Gasteiger partial charge in [-0.05, 0) is 5.56 Å². The van der Waals surface area contributed by atoms with E-state index in [1.54, 1.807) is 0 Å². The van der Waals surface area contributed by atoms with Crippen LogP contribution in [0.2, 0.25) is 0 Å². The molecule has 0 aliphatic carbocycles. The smallest absolute Gasteiger partial charge is 0.355 e. The van der Waals surface area contributed by atoms with E-state index in [-0.39, 0.29) is 12.1 Å². The van der Waals surface area contributed by atoms with E-state index < -0.39 is 0 Å². The molecule has 0 unspecified atom stereocenters. The van der Waals surface area contributed by atoms with Crippen LogP contribution >= 0.6 is 0 Å². The lowest BCUT2D eigenvalue weighted by Crippen LogP contribution is -2.13. The van der Waals surface area contributed by atoms with Gasteiger partial charge in [-0.25, -0.2) is 0 Å². The van der Waals surface area contributed by atoms with Crippen molar-refractivity contribution in [3.8, 4) is 0 Å². The molecule has 4 nitrogen and oxygen atoms in total. The lowest BCUT2D eigenvalue weighted by Gasteiger charge is -2.05. The fourth-order valence-electron chi connectivity index (χ4n) is 1.57. The highest BCUT2D eigenvalue weighted by molar-refractivity contribution is 5.79. The molecular weight excluding hydrogens is 194 g/mol. The highest BCUT2D eigenvalue weighted by Crippen LogP contribution is 2.21. The van der Waals surface area contributed by atoms with Gasteiger partial charge in [0.15, 0.2) is 0 Å². The normalized spacial score (nSPS) is 18.4. The van der Waals surface area contributed by atoms with Crippen molar-refractivity contribution in [2.75, 3.05) is 6.54 Å². The third kappa shape index (κ3) is 3.37. The van der Waals surface area contributed by atoms with E-state index in [0.29, 0.717) is 12.3 Å². The summed E-state index contributed by atoms with van der Waals surface area (Å²) >= 11 is 0. The third-order valence-corrected chi connectivity index (χ3v) is 2.25. The van der Waals surface area contributed by atoms with E-state index in [1.807, 2.05) is 18.2 Å². The molecule has 1 aliphatic heterocycles. The second kappa shape index (κ2) is 5.73. The Morgan fingerprint density at radius 2 is 1.80 bits per heavy atom. The number of carbonyl (C=O) groups excluding carboxylic acids is 3. The van der Waals surface area contributed by atoms with Gasteiger partial charge in [0.1, 0.15) is 0 Å². The molecule has 1 N–H and O–H groups in total. The summed E-state index contributed by atoms with van der Waals surface area (Å²) in [7, 11) is 0. The van der Waals surface area contributed by atoms with Crippen LogP contribution in [0.1, 0.15) is 17.9 Å². The Bertz CT molecular complexity index is 355. The van der Waals surface area contributed by atoms with Crippen molar-refractivity contribution < 1.29 is 14.4 Å².